The number of carbonyl (C=O) groups excluding carboxylic acids is 3. The van der Waals surface area contributed by atoms with E-state index in [-0.39, 0.29) is 37.4 Å². The summed E-state index contributed by atoms with van der Waals surface area (Å²) in [4.78, 5) is 44.2. The summed E-state index contributed by atoms with van der Waals surface area (Å²) in [7, 11) is 0. The lowest BCUT2D eigenvalue weighted by atomic mass is 9.82. The van der Waals surface area contributed by atoms with Crippen molar-refractivity contribution in [3.05, 3.63) is 71.8 Å². The number of nitrogens with zero attached hydrogens (tertiary/aromatic N) is 3. The first-order valence-corrected chi connectivity index (χ1v) is 13.7. The lowest BCUT2D eigenvalue weighted by Crippen LogP contribution is -2.48. The van der Waals surface area contributed by atoms with Gasteiger partial charge >= 0.3 is 0 Å². The number of fused-ring (bicyclic) bond motifs is 1. The molecule has 3 aliphatic rings. The van der Waals surface area contributed by atoms with Crippen LogP contribution in [0.15, 0.2) is 60.7 Å². The van der Waals surface area contributed by atoms with Crippen LogP contribution in [0.4, 0.5) is 11.4 Å². The van der Waals surface area contributed by atoms with E-state index in [0.29, 0.717) is 43.1 Å². The molecule has 206 valence electrons. The van der Waals surface area contributed by atoms with Gasteiger partial charge < -0.3 is 30.2 Å². The van der Waals surface area contributed by atoms with Gasteiger partial charge in [0.2, 0.25) is 11.8 Å². The fourth-order valence-electron chi connectivity index (χ4n) is 5.89. The second-order valence-corrected chi connectivity index (χ2v) is 10.6. The van der Waals surface area contributed by atoms with Crippen LogP contribution in [0.3, 0.4) is 0 Å². The van der Waals surface area contributed by atoms with Crippen LogP contribution in [0.5, 0.6) is 0 Å². The van der Waals surface area contributed by atoms with Gasteiger partial charge in [-0.2, -0.15) is 0 Å². The number of rotatable bonds is 8. The van der Waals surface area contributed by atoms with Crippen molar-refractivity contribution in [1.82, 2.24) is 10.2 Å². The van der Waals surface area contributed by atoms with Crippen molar-refractivity contribution in [2.75, 3.05) is 42.6 Å². The van der Waals surface area contributed by atoms with Crippen molar-refractivity contribution in [2.45, 2.75) is 44.4 Å². The number of aliphatic hydroxyl groups excluding tert-OH is 1. The Morgan fingerprint density at radius 1 is 1.18 bits per heavy atom. The van der Waals surface area contributed by atoms with E-state index in [1.165, 1.54) is 0 Å². The number of hydrogen-bond donors (Lipinski definition) is 3. The molecule has 5 rings (SSSR count). The highest BCUT2D eigenvalue weighted by Gasteiger charge is 2.52. The van der Waals surface area contributed by atoms with Crippen molar-refractivity contribution in [2.24, 2.45) is 5.92 Å². The van der Waals surface area contributed by atoms with Crippen LogP contribution in [0, 0.1) is 5.92 Å². The van der Waals surface area contributed by atoms with Gasteiger partial charge in [0.1, 0.15) is 0 Å². The maximum Gasteiger partial charge on any atom is 0.264 e. The van der Waals surface area contributed by atoms with Gasteiger partial charge in [0.25, 0.3) is 5.91 Å². The molecule has 9 heteroatoms. The van der Waals surface area contributed by atoms with E-state index in [4.69, 9.17) is 0 Å². The zero-order valence-electron chi connectivity index (χ0n) is 22.3. The minimum Gasteiger partial charge on any atom is -0.394 e. The molecule has 0 saturated carbocycles. The molecule has 3 amide bonds. The van der Waals surface area contributed by atoms with Gasteiger partial charge in [-0.15, -0.1) is 0 Å². The van der Waals surface area contributed by atoms with Crippen LogP contribution < -0.4 is 15.1 Å². The molecule has 0 spiro atoms. The van der Waals surface area contributed by atoms with Gasteiger partial charge in [0.05, 0.1) is 31.4 Å². The zero-order valence-corrected chi connectivity index (χ0v) is 22.3. The van der Waals surface area contributed by atoms with E-state index < -0.39 is 17.4 Å². The van der Waals surface area contributed by atoms with Crippen molar-refractivity contribution in [1.29, 1.82) is 0 Å². The SMILES string of the molecule is C[C@H](/C=C/CC(=O)N1CCC[C@H]1CO)[C@@]1(O)C(=O)N(Cc2ccccc2)c2ccc(N3CCNCC3=O)cc21. The maximum atomic E-state index is 13.9. The topological polar surface area (TPSA) is 113 Å². The van der Waals surface area contributed by atoms with Crippen molar-refractivity contribution < 1.29 is 24.6 Å². The summed E-state index contributed by atoms with van der Waals surface area (Å²) < 4.78 is 0. The molecule has 9 nitrogen and oxygen atoms in total. The van der Waals surface area contributed by atoms with Gasteiger partial charge in [0.15, 0.2) is 5.60 Å². The molecule has 3 atom stereocenters. The van der Waals surface area contributed by atoms with E-state index in [9.17, 15) is 24.6 Å². The summed E-state index contributed by atoms with van der Waals surface area (Å²) in [5.41, 5.74) is 0.772. The fraction of sp³-hybridized carbons (Fsp3) is 0.433. The van der Waals surface area contributed by atoms with Crippen molar-refractivity contribution in [3.8, 4) is 0 Å². The quantitative estimate of drug-likeness (QED) is 0.448. The monoisotopic (exact) mass is 532 g/mol. The Labute approximate surface area is 228 Å². The molecule has 39 heavy (non-hydrogen) atoms. The molecule has 0 bridgehead atoms. The first-order chi connectivity index (χ1) is 18.8. The lowest BCUT2D eigenvalue weighted by Gasteiger charge is -2.30. The van der Waals surface area contributed by atoms with E-state index in [1.54, 1.807) is 45.9 Å². The fourth-order valence-corrected chi connectivity index (χ4v) is 5.89. The Morgan fingerprint density at radius 3 is 2.72 bits per heavy atom. The highest BCUT2D eigenvalue weighted by atomic mass is 16.3. The van der Waals surface area contributed by atoms with Crippen LogP contribution in [-0.4, -0.2) is 71.7 Å². The zero-order chi connectivity index (χ0) is 27.6. The molecule has 0 radical (unpaired) electrons. The Kier molecular flexibility index (Phi) is 7.83. The molecule has 2 saturated heterocycles. The molecule has 0 aromatic heterocycles. The third-order valence-corrected chi connectivity index (χ3v) is 8.12. The second kappa shape index (κ2) is 11.3. The number of amides is 3. The minimum absolute atomic E-state index is 0.0495. The standard InChI is InChI=1S/C30H36N4O5/c1-21(7-5-11-27(36)32-15-6-10-24(32)20-35)30(39)25-17-23(33-16-14-31-18-28(33)37)12-13-26(25)34(29(30)38)19-22-8-3-2-4-9-22/h2-5,7-9,12-13,17,21,24,31,35,39H,6,10-11,14-16,18-20H2,1H3/b7-5+/t21-,24+,30+/m1/s1. The number of nitrogens with one attached hydrogen (secondary N) is 1. The Bertz CT molecular complexity index is 1270. The summed E-state index contributed by atoms with van der Waals surface area (Å²) in [6.45, 7) is 4.05. The summed E-state index contributed by atoms with van der Waals surface area (Å²) in [5, 5.41) is 24.7. The predicted molar refractivity (Wildman–Crippen MR) is 148 cm³/mol. The number of aliphatic hydroxyl groups is 2. The predicted octanol–water partition coefficient (Wildman–Crippen LogP) is 1.92. The first-order valence-electron chi connectivity index (χ1n) is 13.7. The minimum atomic E-state index is -1.86. The summed E-state index contributed by atoms with van der Waals surface area (Å²) >= 11 is 0. The molecular formula is C30H36N4O5. The average Bonchev–Trinajstić information content (AvgIpc) is 3.52. The van der Waals surface area contributed by atoms with Crippen molar-refractivity contribution >= 4 is 29.1 Å². The van der Waals surface area contributed by atoms with Crippen LogP contribution in [0.2, 0.25) is 0 Å². The highest BCUT2D eigenvalue weighted by Crippen LogP contribution is 2.47. The largest absolute Gasteiger partial charge is 0.394 e. The smallest absolute Gasteiger partial charge is 0.264 e. The van der Waals surface area contributed by atoms with Crippen LogP contribution in [0.1, 0.15) is 37.3 Å². The van der Waals surface area contributed by atoms with Gasteiger partial charge in [0, 0.05) is 43.2 Å². The molecule has 3 N–H and O–H groups in total. The number of carbonyl (C=O) groups is 3. The molecular weight excluding hydrogens is 496 g/mol. The molecule has 0 aliphatic carbocycles. The van der Waals surface area contributed by atoms with E-state index >= 15 is 0 Å². The summed E-state index contributed by atoms with van der Waals surface area (Å²) in [6, 6.07) is 14.8. The van der Waals surface area contributed by atoms with Crippen molar-refractivity contribution in [3.63, 3.8) is 0 Å². The molecule has 3 heterocycles. The number of anilines is 2. The number of hydrogen-bond acceptors (Lipinski definition) is 6. The van der Waals surface area contributed by atoms with E-state index in [0.717, 1.165) is 18.4 Å². The van der Waals surface area contributed by atoms with Gasteiger partial charge in [-0.25, -0.2) is 0 Å². The first kappa shape index (κ1) is 27.1. The molecule has 2 fully saturated rings. The Balaban J connectivity index is 1.44. The lowest BCUT2D eigenvalue weighted by molar-refractivity contribution is -0.139. The van der Waals surface area contributed by atoms with Crippen LogP contribution >= 0.6 is 0 Å². The van der Waals surface area contributed by atoms with Gasteiger partial charge in [-0.05, 0) is 36.6 Å². The van der Waals surface area contributed by atoms with Crippen LogP contribution in [-0.2, 0) is 26.5 Å². The van der Waals surface area contributed by atoms with E-state index in [1.807, 2.05) is 36.4 Å². The third kappa shape index (κ3) is 5.09. The second-order valence-electron chi connectivity index (χ2n) is 10.6. The molecule has 2 aromatic rings. The Hall–Kier alpha value is -3.53. The summed E-state index contributed by atoms with van der Waals surface area (Å²) in [5.74, 6) is -1.22. The third-order valence-electron chi connectivity index (χ3n) is 8.12. The number of likely N-dealkylation sites (tertiary alicyclic amines) is 1. The van der Waals surface area contributed by atoms with Gasteiger partial charge in [-0.1, -0.05) is 49.4 Å². The normalized spacial score (nSPS) is 24.1. The number of benzene rings is 2. The van der Waals surface area contributed by atoms with Crippen LogP contribution in [0.25, 0.3) is 0 Å². The number of piperazine rings is 1. The van der Waals surface area contributed by atoms with E-state index in [2.05, 4.69) is 5.32 Å². The average molecular weight is 533 g/mol. The summed E-state index contributed by atoms with van der Waals surface area (Å²) in [6.07, 6.45) is 5.22. The molecule has 3 aliphatic heterocycles. The Morgan fingerprint density at radius 2 is 1.97 bits per heavy atom. The highest BCUT2D eigenvalue weighted by molar-refractivity contribution is 6.08. The molecule has 0 unspecified atom stereocenters. The molecule has 2 aromatic carbocycles. The van der Waals surface area contributed by atoms with Gasteiger partial charge in [-0.3, -0.25) is 14.4 Å². The maximum absolute atomic E-state index is 13.9.